The Morgan fingerprint density at radius 2 is 1.87 bits per heavy atom. The Bertz CT molecular complexity index is 1070. The summed E-state index contributed by atoms with van der Waals surface area (Å²) in [4.78, 5) is 16.7. The summed E-state index contributed by atoms with van der Waals surface area (Å²) in [7, 11) is 0. The van der Waals surface area contributed by atoms with Crippen molar-refractivity contribution < 1.29 is 27.8 Å². The highest BCUT2D eigenvalue weighted by atomic mass is 19.4. The minimum atomic E-state index is -4.44. The van der Waals surface area contributed by atoms with Gasteiger partial charge >= 0.3 is 6.18 Å². The number of hydrogen-bond acceptors (Lipinski definition) is 4. The fourth-order valence-corrected chi connectivity index (χ4v) is 2.85. The number of alkyl halides is 3. The average molecular weight is 430 g/mol. The van der Waals surface area contributed by atoms with E-state index in [-0.39, 0.29) is 23.8 Å². The highest BCUT2D eigenvalue weighted by Crippen LogP contribution is 2.35. The van der Waals surface area contributed by atoms with Gasteiger partial charge in [0.2, 0.25) is 5.88 Å². The zero-order chi connectivity index (χ0) is 22.6. The maximum Gasteiger partial charge on any atom is 0.416 e. The summed E-state index contributed by atoms with van der Waals surface area (Å²) in [6.45, 7) is 3.36. The van der Waals surface area contributed by atoms with Crippen molar-refractivity contribution in [2.24, 2.45) is 0 Å². The molecule has 2 aromatic carbocycles. The minimum absolute atomic E-state index is 0.150. The third kappa shape index (κ3) is 5.61. The van der Waals surface area contributed by atoms with E-state index in [4.69, 9.17) is 9.84 Å². The highest BCUT2D eigenvalue weighted by molar-refractivity contribution is 5.95. The number of ether oxygens (including phenoxy) is 1. The van der Waals surface area contributed by atoms with Crippen LogP contribution in [0.15, 0.2) is 60.8 Å². The molecule has 1 atom stereocenters. The van der Waals surface area contributed by atoms with Gasteiger partial charge in [-0.15, -0.1) is 0 Å². The van der Waals surface area contributed by atoms with Crippen LogP contribution in [0, 0.1) is 6.92 Å². The Kier molecular flexibility index (Phi) is 6.60. The molecular formula is C23H21F3N2O3. The van der Waals surface area contributed by atoms with Crippen LogP contribution in [-0.2, 0) is 6.18 Å². The van der Waals surface area contributed by atoms with Gasteiger partial charge in [0.25, 0.3) is 5.91 Å². The first-order valence-corrected chi connectivity index (χ1v) is 9.51. The van der Waals surface area contributed by atoms with Crippen molar-refractivity contribution in [3.8, 4) is 22.8 Å². The molecule has 3 rings (SSSR count). The third-order valence-corrected chi connectivity index (χ3v) is 4.49. The molecule has 31 heavy (non-hydrogen) atoms. The van der Waals surface area contributed by atoms with Crippen molar-refractivity contribution in [3.05, 3.63) is 77.5 Å². The summed E-state index contributed by atoms with van der Waals surface area (Å²) in [6, 6.07) is 12.9. The van der Waals surface area contributed by atoms with E-state index < -0.39 is 23.7 Å². The summed E-state index contributed by atoms with van der Waals surface area (Å²) in [5.74, 6) is -0.0818. The molecular weight excluding hydrogens is 409 g/mol. The molecule has 0 aliphatic carbocycles. The first-order chi connectivity index (χ1) is 14.7. The van der Waals surface area contributed by atoms with Gasteiger partial charge in [-0.05, 0) is 49.7 Å². The maximum absolute atomic E-state index is 12.8. The van der Waals surface area contributed by atoms with Crippen LogP contribution in [0.1, 0.15) is 28.4 Å². The van der Waals surface area contributed by atoms with Crippen molar-refractivity contribution in [1.82, 2.24) is 10.3 Å². The zero-order valence-corrected chi connectivity index (χ0v) is 16.9. The largest absolute Gasteiger partial charge is 0.438 e. The molecule has 1 aromatic heterocycles. The lowest BCUT2D eigenvalue weighted by Crippen LogP contribution is -2.35. The van der Waals surface area contributed by atoms with Gasteiger partial charge in [0.05, 0.1) is 17.7 Å². The van der Waals surface area contributed by atoms with E-state index in [0.29, 0.717) is 5.56 Å². The van der Waals surface area contributed by atoms with Crippen molar-refractivity contribution in [3.63, 3.8) is 0 Å². The number of hydrogen-bond donors (Lipinski definition) is 2. The number of carbonyl (C=O) groups excluding carboxylic acids is 1. The van der Waals surface area contributed by atoms with E-state index in [1.807, 2.05) is 31.2 Å². The number of pyridine rings is 1. The van der Waals surface area contributed by atoms with Gasteiger partial charge in [0, 0.05) is 17.8 Å². The lowest BCUT2D eigenvalue weighted by molar-refractivity contribution is -0.137. The number of benzene rings is 2. The van der Waals surface area contributed by atoms with Crippen LogP contribution in [0.5, 0.6) is 11.6 Å². The van der Waals surface area contributed by atoms with Crippen LogP contribution in [0.25, 0.3) is 11.1 Å². The molecule has 0 bridgehead atoms. The predicted molar refractivity (Wildman–Crippen MR) is 110 cm³/mol. The number of aromatic nitrogens is 1. The summed E-state index contributed by atoms with van der Waals surface area (Å²) in [5, 5.41) is 11.8. The number of amides is 1. The quantitative estimate of drug-likeness (QED) is 0.579. The van der Waals surface area contributed by atoms with Gasteiger partial charge in [-0.1, -0.05) is 29.8 Å². The van der Waals surface area contributed by atoms with Crippen LogP contribution >= 0.6 is 0 Å². The highest BCUT2D eigenvalue weighted by Gasteiger charge is 2.30. The van der Waals surface area contributed by atoms with Crippen LogP contribution in [-0.4, -0.2) is 28.6 Å². The van der Waals surface area contributed by atoms with E-state index in [1.54, 1.807) is 13.0 Å². The summed E-state index contributed by atoms with van der Waals surface area (Å²) < 4.78 is 44.2. The second-order valence-electron chi connectivity index (χ2n) is 7.13. The third-order valence-electron chi connectivity index (χ3n) is 4.49. The van der Waals surface area contributed by atoms with Gasteiger partial charge in [-0.3, -0.25) is 4.79 Å². The fraction of sp³-hybridized carbons (Fsp3) is 0.217. The molecule has 5 nitrogen and oxygen atoms in total. The first-order valence-electron chi connectivity index (χ1n) is 9.51. The van der Waals surface area contributed by atoms with Gasteiger partial charge in [-0.2, -0.15) is 13.2 Å². The number of aliphatic hydroxyl groups excluding tert-OH is 1. The van der Waals surface area contributed by atoms with E-state index in [0.717, 1.165) is 23.3 Å². The molecule has 0 saturated carbocycles. The summed E-state index contributed by atoms with van der Waals surface area (Å²) in [6.07, 6.45) is -3.12. The Morgan fingerprint density at radius 1 is 1.16 bits per heavy atom. The maximum atomic E-state index is 12.8. The lowest BCUT2D eigenvalue weighted by Gasteiger charge is -2.15. The Balaban J connectivity index is 1.98. The Labute approximate surface area is 177 Å². The number of halogens is 3. The number of aliphatic hydroxyl groups is 1. The van der Waals surface area contributed by atoms with Crippen molar-refractivity contribution in [2.45, 2.75) is 26.1 Å². The molecule has 1 amide bonds. The molecule has 0 radical (unpaired) electrons. The van der Waals surface area contributed by atoms with Crippen LogP contribution < -0.4 is 10.1 Å². The molecule has 0 aliphatic rings. The SMILES string of the molecule is Cc1cccc(-c2cc(C(=O)NC(C)CO)cnc2Oc2ccc(C(F)(F)F)cc2)c1. The molecule has 0 saturated heterocycles. The molecule has 1 unspecified atom stereocenters. The fourth-order valence-electron chi connectivity index (χ4n) is 2.85. The molecule has 1 heterocycles. The molecule has 0 spiro atoms. The number of aryl methyl sites for hydroxylation is 1. The summed E-state index contributed by atoms with van der Waals surface area (Å²) in [5.41, 5.74) is 1.70. The average Bonchev–Trinajstić information content (AvgIpc) is 2.73. The van der Waals surface area contributed by atoms with Crippen LogP contribution in [0.2, 0.25) is 0 Å². The second kappa shape index (κ2) is 9.18. The van der Waals surface area contributed by atoms with Crippen LogP contribution in [0.3, 0.4) is 0 Å². The normalized spacial score (nSPS) is 12.3. The number of carbonyl (C=O) groups is 1. The van der Waals surface area contributed by atoms with Crippen molar-refractivity contribution in [1.29, 1.82) is 0 Å². The van der Waals surface area contributed by atoms with Crippen molar-refractivity contribution >= 4 is 5.91 Å². The van der Waals surface area contributed by atoms with Crippen LogP contribution in [0.4, 0.5) is 13.2 Å². The van der Waals surface area contributed by atoms with E-state index >= 15 is 0 Å². The molecule has 8 heteroatoms. The van der Waals surface area contributed by atoms with E-state index in [9.17, 15) is 18.0 Å². The zero-order valence-electron chi connectivity index (χ0n) is 16.9. The Hall–Kier alpha value is -3.39. The predicted octanol–water partition coefficient (Wildman–Crippen LogP) is 4.98. The smallest absolute Gasteiger partial charge is 0.416 e. The topological polar surface area (TPSA) is 71.5 Å². The van der Waals surface area contributed by atoms with Gasteiger partial charge in [0.15, 0.2) is 0 Å². The van der Waals surface area contributed by atoms with Crippen molar-refractivity contribution in [2.75, 3.05) is 6.61 Å². The molecule has 2 N–H and O–H groups in total. The number of nitrogens with one attached hydrogen (secondary N) is 1. The van der Waals surface area contributed by atoms with Gasteiger partial charge < -0.3 is 15.2 Å². The molecule has 3 aromatic rings. The minimum Gasteiger partial charge on any atom is -0.438 e. The lowest BCUT2D eigenvalue weighted by atomic mass is 10.0. The molecule has 162 valence electrons. The Morgan fingerprint density at radius 3 is 2.48 bits per heavy atom. The van der Waals surface area contributed by atoms with Gasteiger partial charge in [-0.25, -0.2) is 4.98 Å². The molecule has 0 aliphatic heterocycles. The van der Waals surface area contributed by atoms with Gasteiger partial charge in [0.1, 0.15) is 5.75 Å². The monoisotopic (exact) mass is 430 g/mol. The standard InChI is InChI=1S/C23H21F3N2O3/c1-14-4-3-5-16(10-14)20-11-17(21(30)28-15(2)13-29)12-27-22(20)31-19-8-6-18(7-9-19)23(24,25)26/h3-12,15,29H,13H2,1-2H3,(H,28,30). The second-order valence-corrected chi connectivity index (χ2v) is 7.13. The number of nitrogens with zero attached hydrogens (tertiary/aromatic N) is 1. The summed E-state index contributed by atoms with van der Waals surface area (Å²) >= 11 is 0. The number of rotatable bonds is 6. The van der Waals surface area contributed by atoms with E-state index in [2.05, 4.69) is 10.3 Å². The first kappa shape index (κ1) is 22.3. The van der Waals surface area contributed by atoms with E-state index in [1.165, 1.54) is 18.3 Å². The molecule has 0 fully saturated rings.